The van der Waals surface area contributed by atoms with Gasteiger partial charge in [-0.05, 0) is 31.1 Å². The Balaban J connectivity index is 1.43. The summed E-state index contributed by atoms with van der Waals surface area (Å²) in [6.07, 6.45) is 1.25. The molecule has 1 aliphatic carbocycles. The van der Waals surface area contributed by atoms with Crippen LogP contribution in [0.5, 0.6) is 0 Å². The topological polar surface area (TPSA) is 104 Å². The fraction of sp³-hybridized carbons (Fsp3) is 0.542. The Kier molecular flexibility index (Phi) is 5.79. The van der Waals surface area contributed by atoms with Gasteiger partial charge in [0.2, 0.25) is 5.95 Å². The van der Waals surface area contributed by atoms with E-state index >= 15 is 4.39 Å². The van der Waals surface area contributed by atoms with Crippen LogP contribution in [0.3, 0.4) is 0 Å². The zero-order valence-corrected chi connectivity index (χ0v) is 20.1. The van der Waals surface area contributed by atoms with Crippen molar-refractivity contribution in [1.29, 1.82) is 0 Å². The quantitative estimate of drug-likeness (QED) is 0.470. The van der Waals surface area contributed by atoms with E-state index in [0.29, 0.717) is 24.7 Å². The summed E-state index contributed by atoms with van der Waals surface area (Å²) in [6.45, 7) is 5.16. The van der Waals surface area contributed by atoms with Crippen molar-refractivity contribution in [2.75, 3.05) is 41.3 Å². The number of nitro groups is 1. The summed E-state index contributed by atoms with van der Waals surface area (Å²) in [6, 6.07) is 3.49. The van der Waals surface area contributed by atoms with Gasteiger partial charge in [0, 0.05) is 56.8 Å². The van der Waals surface area contributed by atoms with Crippen molar-refractivity contribution in [3.05, 3.63) is 45.4 Å². The number of halogens is 3. The summed E-state index contributed by atoms with van der Waals surface area (Å²) in [5, 5.41) is 14.0. The van der Waals surface area contributed by atoms with Crippen molar-refractivity contribution in [2.24, 2.45) is 11.3 Å². The molecular formula is C24H27F3N6O3. The highest BCUT2D eigenvalue weighted by Gasteiger charge is 2.53. The molecule has 1 aromatic heterocycles. The van der Waals surface area contributed by atoms with Crippen LogP contribution >= 0.6 is 0 Å². The molecule has 2 atom stereocenters. The number of hydrogen-bond donors (Lipinski definition) is 1. The lowest BCUT2D eigenvalue weighted by Crippen LogP contribution is -2.40. The van der Waals surface area contributed by atoms with Gasteiger partial charge in [-0.1, -0.05) is 6.92 Å². The van der Waals surface area contributed by atoms with Crippen molar-refractivity contribution < 1.29 is 22.9 Å². The second-order valence-electron chi connectivity index (χ2n) is 10.3. The lowest BCUT2D eigenvalue weighted by atomic mass is 9.96. The molecule has 1 amide bonds. The molecule has 2 aliphatic heterocycles. The Bertz CT molecular complexity index is 1230. The van der Waals surface area contributed by atoms with Crippen molar-refractivity contribution in [3.8, 4) is 0 Å². The van der Waals surface area contributed by atoms with Gasteiger partial charge in [0.15, 0.2) is 0 Å². The van der Waals surface area contributed by atoms with Gasteiger partial charge < -0.3 is 15.1 Å². The van der Waals surface area contributed by atoms with E-state index < -0.39 is 28.3 Å². The highest BCUT2D eigenvalue weighted by molar-refractivity contribution is 6.08. The minimum Gasteiger partial charge on any atom is -0.370 e. The average molecular weight is 505 g/mol. The number of nitro benzene ring substituents is 1. The highest BCUT2D eigenvalue weighted by Crippen LogP contribution is 2.58. The number of anilines is 3. The van der Waals surface area contributed by atoms with Crippen molar-refractivity contribution in [3.63, 3.8) is 0 Å². The monoisotopic (exact) mass is 504 g/mol. The van der Waals surface area contributed by atoms with Crippen LogP contribution in [0.25, 0.3) is 0 Å². The molecule has 1 N–H and O–H groups in total. The van der Waals surface area contributed by atoms with Gasteiger partial charge in [-0.15, -0.1) is 0 Å². The second-order valence-corrected chi connectivity index (χ2v) is 10.3. The number of nitrogens with one attached hydrogen (secondary N) is 1. The molecule has 0 spiro atoms. The third kappa shape index (κ3) is 4.68. The molecule has 3 fully saturated rings. The molecule has 192 valence electrons. The molecule has 5 rings (SSSR count). The summed E-state index contributed by atoms with van der Waals surface area (Å²) in [4.78, 5) is 36.1. The third-order valence-electron chi connectivity index (χ3n) is 7.63. The van der Waals surface area contributed by atoms with E-state index in [1.807, 2.05) is 4.90 Å². The highest BCUT2D eigenvalue weighted by atomic mass is 19.3. The van der Waals surface area contributed by atoms with Crippen LogP contribution in [0.1, 0.15) is 48.7 Å². The molecule has 1 aromatic carbocycles. The first-order valence-electron chi connectivity index (χ1n) is 12.0. The standard InChI is InChI=1S/C24H27F3N6O3/c1-14-9-19(30-22(28-14)31-7-4-24(26,27)5-8-31)29-21(34)20-17(25)10-16(33(35)36)11-18(20)32-6-3-23(2)12-15(23)13-32/h9-11,15H,3-8,12-13H2,1-2H3,(H,28,29,30,34)/t15-,23-/m0/s1. The van der Waals surface area contributed by atoms with Crippen LogP contribution in [-0.2, 0) is 0 Å². The third-order valence-corrected chi connectivity index (χ3v) is 7.63. The van der Waals surface area contributed by atoms with E-state index in [1.165, 1.54) is 12.1 Å². The van der Waals surface area contributed by atoms with Crippen LogP contribution in [0.15, 0.2) is 18.2 Å². The van der Waals surface area contributed by atoms with Gasteiger partial charge in [-0.2, -0.15) is 4.98 Å². The lowest BCUT2D eigenvalue weighted by molar-refractivity contribution is -0.385. The normalized spacial score (nSPS) is 24.8. The molecule has 9 nitrogen and oxygen atoms in total. The molecule has 3 aliphatic rings. The predicted molar refractivity (Wildman–Crippen MR) is 127 cm³/mol. The summed E-state index contributed by atoms with van der Waals surface area (Å²) < 4.78 is 42.3. The largest absolute Gasteiger partial charge is 0.370 e. The first-order valence-corrected chi connectivity index (χ1v) is 12.0. The van der Waals surface area contributed by atoms with Gasteiger partial charge in [0.25, 0.3) is 17.5 Å². The zero-order valence-electron chi connectivity index (χ0n) is 20.1. The van der Waals surface area contributed by atoms with E-state index in [9.17, 15) is 23.7 Å². The van der Waals surface area contributed by atoms with Crippen molar-refractivity contribution in [2.45, 2.75) is 45.5 Å². The molecular weight excluding hydrogens is 477 g/mol. The summed E-state index contributed by atoms with van der Waals surface area (Å²) in [5.41, 5.74) is 0.204. The number of rotatable bonds is 5. The Labute approximate surface area is 205 Å². The van der Waals surface area contributed by atoms with Crippen molar-refractivity contribution in [1.82, 2.24) is 9.97 Å². The first-order chi connectivity index (χ1) is 16.9. The van der Waals surface area contributed by atoms with Crippen molar-refractivity contribution >= 4 is 29.0 Å². The van der Waals surface area contributed by atoms with Crippen LogP contribution in [0.2, 0.25) is 0 Å². The number of piperidine rings is 2. The van der Waals surface area contributed by atoms with E-state index in [4.69, 9.17) is 0 Å². The van der Waals surface area contributed by atoms with Crippen LogP contribution in [0, 0.1) is 34.2 Å². The minimum absolute atomic E-state index is 0.0695. The first kappa shape index (κ1) is 24.3. The fourth-order valence-corrected chi connectivity index (χ4v) is 5.19. The van der Waals surface area contributed by atoms with Gasteiger partial charge >= 0.3 is 0 Å². The number of carbonyl (C=O) groups excluding carboxylic acids is 1. The predicted octanol–water partition coefficient (Wildman–Crippen LogP) is 4.56. The maximum Gasteiger partial charge on any atom is 0.274 e. The molecule has 0 unspecified atom stereocenters. The fourth-order valence-electron chi connectivity index (χ4n) is 5.19. The van der Waals surface area contributed by atoms with E-state index in [2.05, 4.69) is 22.2 Å². The number of nitrogens with zero attached hydrogens (tertiary/aromatic N) is 5. The molecule has 0 radical (unpaired) electrons. The van der Waals surface area contributed by atoms with Gasteiger partial charge in [0.1, 0.15) is 11.6 Å². The second kappa shape index (κ2) is 8.59. The molecule has 1 saturated carbocycles. The number of non-ortho nitro benzene ring substituents is 1. The summed E-state index contributed by atoms with van der Waals surface area (Å²) in [5.74, 6) is -3.83. The van der Waals surface area contributed by atoms with Gasteiger partial charge in [-0.25, -0.2) is 18.2 Å². The molecule has 12 heteroatoms. The maximum absolute atomic E-state index is 15.2. The number of benzene rings is 1. The number of aryl methyl sites for hydroxylation is 1. The zero-order chi connectivity index (χ0) is 25.8. The van der Waals surface area contributed by atoms with E-state index in [1.54, 1.807) is 11.8 Å². The van der Waals surface area contributed by atoms with Gasteiger partial charge in [-0.3, -0.25) is 14.9 Å². The number of carbonyl (C=O) groups is 1. The SMILES string of the molecule is Cc1cc(NC(=O)c2c(F)cc([N+](=O)[O-])cc2N2CC[C@@]3(C)C[C@H]3C2)nc(N2CCC(F)(F)CC2)n1. The smallest absolute Gasteiger partial charge is 0.274 e. The minimum atomic E-state index is -2.73. The number of alkyl halides is 2. The summed E-state index contributed by atoms with van der Waals surface area (Å²) in [7, 11) is 0. The molecule has 3 heterocycles. The lowest BCUT2D eigenvalue weighted by Gasteiger charge is -2.33. The van der Waals surface area contributed by atoms with Crippen LogP contribution < -0.4 is 15.1 Å². The van der Waals surface area contributed by atoms with Crippen LogP contribution in [0.4, 0.5) is 36.3 Å². The number of hydrogen-bond acceptors (Lipinski definition) is 7. The Hall–Kier alpha value is -3.44. The molecule has 0 bridgehead atoms. The van der Waals surface area contributed by atoms with E-state index in [-0.39, 0.29) is 54.4 Å². The Morgan fingerprint density at radius 2 is 1.83 bits per heavy atom. The Morgan fingerprint density at radius 3 is 2.50 bits per heavy atom. The van der Waals surface area contributed by atoms with Gasteiger partial charge in [0.05, 0.1) is 22.2 Å². The average Bonchev–Trinajstić information content (AvgIpc) is 3.48. The number of amides is 1. The van der Waals surface area contributed by atoms with E-state index in [0.717, 1.165) is 18.9 Å². The molecule has 2 saturated heterocycles. The Morgan fingerprint density at radius 1 is 1.14 bits per heavy atom. The molecule has 36 heavy (non-hydrogen) atoms. The maximum atomic E-state index is 15.2. The number of aromatic nitrogens is 2. The summed E-state index contributed by atoms with van der Waals surface area (Å²) >= 11 is 0. The number of fused-ring (bicyclic) bond motifs is 1. The molecule has 2 aromatic rings. The van der Waals surface area contributed by atoms with Crippen LogP contribution in [-0.4, -0.2) is 52.9 Å².